The number of unbranched alkanes of at least 4 members (excludes halogenated alkanes) is 1. The zero-order valence-corrected chi connectivity index (χ0v) is 13.0. The summed E-state index contributed by atoms with van der Waals surface area (Å²) in [5.74, 6) is -0.625. The van der Waals surface area contributed by atoms with Crippen LogP contribution in [0.1, 0.15) is 39.0 Å². The summed E-state index contributed by atoms with van der Waals surface area (Å²) in [6.45, 7) is 5.01. The molecule has 0 aromatic rings. The van der Waals surface area contributed by atoms with Crippen LogP contribution in [0.5, 0.6) is 0 Å². The van der Waals surface area contributed by atoms with Gasteiger partial charge in [0, 0.05) is 12.8 Å². The summed E-state index contributed by atoms with van der Waals surface area (Å²) >= 11 is 2.31. The number of hydrogen-bond donors (Lipinski definition) is 0. The number of esters is 2. The fourth-order valence-electron chi connectivity index (χ4n) is 1.10. The molecular weight excluding hydrogens is 311 g/mol. The molecule has 0 unspecified atom stereocenters. The molecule has 0 heterocycles. The van der Waals surface area contributed by atoms with E-state index in [2.05, 4.69) is 27.3 Å². The molecule has 0 aromatic carbocycles. The van der Waals surface area contributed by atoms with Gasteiger partial charge in [-0.25, -0.2) is 0 Å². The first-order valence-corrected chi connectivity index (χ1v) is 6.22. The molecule has 0 aromatic heterocycles. The molecule has 6 nitrogen and oxygen atoms in total. The van der Waals surface area contributed by atoms with Crippen LogP contribution in [0.2, 0.25) is 0 Å². The first-order valence-electron chi connectivity index (χ1n) is 5.79. The van der Waals surface area contributed by atoms with Gasteiger partial charge in [-0.2, -0.15) is 0 Å². The minimum absolute atomic E-state index is 0. The van der Waals surface area contributed by atoms with Crippen LogP contribution in [-0.2, 0) is 43.4 Å². The molecule has 0 saturated heterocycles. The van der Waals surface area contributed by atoms with Gasteiger partial charge in [0.05, 0.1) is 0 Å². The van der Waals surface area contributed by atoms with Crippen LogP contribution >= 0.6 is 0 Å². The van der Waals surface area contributed by atoms with E-state index < -0.39 is 5.97 Å². The van der Waals surface area contributed by atoms with Gasteiger partial charge < -0.3 is 28.6 Å². The third-order valence-corrected chi connectivity index (χ3v) is 1.97. The predicted octanol–water partition coefficient (Wildman–Crippen LogP) is 1.78. The molecule has 0 fully saturated rings. The van der Waals surface area contributed by atoms with Gasteiger partial charge in [-0.3, -0.25) is 9.59 Å². The molecule has 0 N–H and O–H groups in total. The van der Waals surface area contributed by atoms with Crippen molar-refractivity contribution in [1.82, 2.24) is 0 Å². The number of hydrogen-bond acceptors (Lipinski definition) is 6. The average Bonchev–Trinajstić information content (AvgIpc) is 2.41. The number of carbonyl (C=O) groups excluding carboxylic acids is 3. The Balaban J connectivity index is -0.000000916. The first-order chi connectivity index (χ1) is 9.06. The molecule has 121 valence electrons. The normalized spacial score (nSPS) is 8.55. The Morgan fingerprint density at radius 3 is 1.85 bits per heavy atom. The molecule has 7 heteroatoms. The first kappa shape index (κ1) is 24.0. The van der Waals surface area contributed by atoms with Crippen LogP contribution in [0, 0.1) is 14.4 Å². The summed E-state index contributed by atoms with van der Waals surface area (Å²) in [6, 6.07) is 0. The van der Waals surface area contributed by atoms with E-state index in [9.17, 15) is 14.4 Å². The van der Waals surface area contributed by atoms with E-state index in [4.69, 9.17) is 8.60 Å². The monoisotopic (exact) mass is 333 g/mol. The second-order valence-electron chi connectivity index (χ2n) is 3.60. The molecule has 0 aliphatic rings. The quantitative estimate of drug-likeness (QED) is 0.363. The molecule has 20 heavy (non-hydrogen) atoms. The molecule has 0 aliphatic carbocycles. The summed E-state index contributed by atoms with van der Waals surface area (Å²) in [5.41, 5.74) is 0. The molecule has 0 rings (SSSR count). The standard InChI is InChI=1S/C12H19O5.CH3.Co.O/c1-3-11(14)16-8-9-17-12(15)7-5-4-6-10(2)13;;;/h1,3-9H2,2H3;1H3;;/q2*-1;;. The van der Waals surface area contributed by atoms with Gasteiger partial charge in [-0.05, 0) is 19.8 Å². The van der Waals surface area contributed by atoms with Crippen LogP contribution in [0.25, 0.3) is 0 Å². The Bertz CT molecular complexity index is 280. The van der Waals surface area contributed by atoms with Crippen molar-refractivity contribution in [2.45, 2.75) is 39.0 Å². The number of Topliss-reactive ketones (excluding diaryl/α,β-unsaturated/α-hetero) is 1. The Hall–Kier alpha value is -1.08. The van der Waals surface area contributed by atoms with E-state index >= 15 is 0 Å². The van der Waals surface area contributed by atoms with Gasteiger partial charge in [0.15, 0.2) is 0 Å². The molecule has 0 radical (unpaired) electrons. The fourth-order valence-corrected chi connectivity index (χ4v) is 1.10. The molecular formula is C13H22CoO6-2. The third-order valence-electron chi connectivity index (χ3n) is 1.97. The third kappa shape index (κ3) is 19.3. The molecule has 0 aliphatic heterocycles. The van der Waals surface area contributed by atoms with Gasteiger partial charge in [0.25, 0.3) is 5.97 Å². The SMILES string of the molecule is [CH2-]CC(=O)OCCOC(=O)CCCCC(C)=O.[CH3-].[O]=[Co]. The van der Waals surface area contributed by atoms with E-state index in [1.807, 2.05) is 0 Å². The topological polar surface area (TPSA) is 86.7 Å². The van der Waals surface area contributed by atoms with Crippen LogP contribution < -0.4 is 0 Å². The number of rotatable bonds is 9. The van der Waals surface area contributed by atoms with E-state index in [-0.39, 0.29) is 45.2 Å². The Kier molecular flexibility index (Phi) is 21.5. The van der Waals surface area contributed by atoms with Gasteiger partial charge >= 0.3 is 25.5 Å². The van der Waals surface area contributed by atoms with E-state index in [0.29, 0.717) is 19.3 Å². The summed E-state index contributed by atoms with van der Waals surface area (Å²) in [5, 5.41) is 0. The second-order valence-corrected chi connectivity index (χ2v) is 3.60. The summed E-state index contributed by atoms with van der Waals surface area (Å²) < 4.78 is 17.4. The van der Waals surface area contributed by atoms with Crippen molar-refractivity contribution in [3.05, 3.63) is 14.4 Å². The van der Waals surface area contributed by atoms with Crippen molar-refractivity contribution >= 4 is 17.7 Å². The zero-order valence-electron chi connectivity index (χ0n) is 11.9. The summed E-state index contributed by atoms with van der Waals surface area (Å²) in [6.07, 6.45) is 2.18. The zero-order chi connectivity index (χ0) is 15.1. The molecule has 0 amide bonds. The van der Waals surface area contributed by atoms with Crippen molar-refractivity contribution in [2.75, 3.05) is 13.2 Å². The van der Waals surface area contributed by atoms with Crippen LogP contribution in [0.4, 0.5) is 0 Å². The Labute approximate surface area is 128 Å². The van der Waals surface area contributed by atoms with Crippen LogP contribution in [-0.4, -0.2) is 30.9 Å². The average molecular weight is 333 g/mol. The maximum atomic E-state index is 11.1. The molecule has 0 spiro atoms. The van der Waals surface area contributed by atoms with Crippen LogP contribution in [0.15, 0.2) is 0 Å². The van der Waals surface area contributed by atoms with Crippen molar-refractivity contribution in [3.8, 4) is 0 Å². The van der Waals surface area contributed by atoms with Crippen molar-refractivity contribution in [3.63, 3.8) is 0 Å². The van der Waals surface area contributed by atoms with Gasteiger partial charge in [-0.1, -0.05) is 6.42 Å². The van der Waals surface area contributed by atoms with Crippen molar-refractivity contribution in [1.29, 1.82) is 0 Å². The molecule has 0 saturated carbocycles. The van der Waals surface area contributed by atoms with Crippen molar-refractivity contribution in [2.24, 2.45) is 0 Å². The summed E-state index contributed by atoms with van der Waals surface area (Å²) in [7, 11) is 0. The van der Waals surface area contributed by atoms with E-state index in [0.717, 1.165) is 0 Å². The molecule has 0 atom stereocenters. The van der Waals surface area contributed by atoms with Gasteiger partial charge in [0.1, 0.15) is 19.0 Å². The number of ketones is 1. The van der Waals surface area contributed by atoms with E-state index in [1.54, 1.807) is 0 Å². The van der Waals surface area contributed by atoms with E-state index in [1.165, 1.54) is 6.92 Å². The van der Waals surface area contributed by atoms with Gasteiger partial charge in [0.2, 0.25) is 0 Å². The Morgan fingerprint density at radius 2 is 1.40 bits per heavy atom. The van der Waals surface area contributed by atoms with Crippen LogP contribution in [0.3, 0.4) is 0 Å². The maximum absolute atomic E-state index is 11.1. The summed E-state index contributed by atoms with van der Waals surface area (Å²) in [4.78, 5) is 32.4. The second kappa shape index (κ2) is 17.9. The van der Waals surface area contributed by atoms with Crippen molar-refractivity contribution < 1.29 is 43.4 Å². The van der Waals surface area contributed by atoms with Gasteiger partial charge in [-0.15, -0.1) is 0 Å². The predicted molar refractivity (Wildman–Crippen MR) is 68.1 cm³/mol. The number of ether oxygens (including phenoxy) is 2. The minimum atomic E-state index is -0.414. The Morgan fingerprint density at radius 1 is 0.950 bits per heavy atom. The number of carbonyl (C=O) groups is 3. The fraction of sp³-hybridized carbons (Fsp3) is 0.615. The molecule has 0 bridgehead atoms.